The number of thioether (sulfide) groups is 1. The van der Waals surface area contributed by atoms with E-state index >= 15 is 0 Å². The summed E-state index contributed by atoms with van der Waals surface area (Å²) in [6.07, 6.45) is 0. The van der Waals surface area contributed by atoms with Gasteiger partial charge in [0.15, 0.2) is 11.5 Å². The molecule has 3 rings (SSSR count). The van der Waals surface area contributed by atoms with Crippen LogP contribution in [0.15, 0.2) is 47.4 Å². The van der Waals surface area contributed by atoms with Crippen LogP contribution in [0.25, 0.3) is 0 Å². The van der Waals surface area contributed by atoms with Gasteiger partial charge in [-0.05, 0) is 42.9 Å². The Morgan fingerprint density at radius 3 is 2.63 bits per heavy atom. The number of carbonyl (C=O) groups excluding carboxylic acids is 1. The van der Waals surface area contributed by atoms with E-state index in [1.807, 2.05) is 13.0 Å². The van der Waals surface area contributed by atoms with E-state index in [1.165, 1.54) is 12.1 Å². The van der Waals surface area contributed by atoms with Gasteiger partial charge < -0.3 is 14.8 Å². The van der Waals surface area contributed by atoms with Gasteiger partial charge in [-0.3, -0.25) is 9.69 Å². The van der Waals surface area contributed by atoms with Crippen LogP contribution in [0.5, 0.6) is 11.5 Å². The van der Waals surface area contributed by atoms with Crippen molar-refractivity contribution in [3.05, 3.63) is 48.3 Å². The Hall–Kier alpha value is -2.25. The molecule has 2 aromatic rings. The molecule has 1 N–H and O–H groups in total. The average molecular weight is 390 g/mol. The van der Waals surface area contributed by atoms with E-state index < -0.39 is 0 Å². The van der Waals surface area contributed by atoms with Crippen molar-refractivity contribution in [3.8, 4) is 11.5 Å². The van der Waals surface area contributed by atoms with E-state index in [0.717, 1.165) is 23.7 Å². The predicted octanol–water partition coefficient (Wildman–Crippen LogP) is 3.65. The molecule has 5 nitrogen and oxygen atoms in total. The molecule has 0 bridgehead atoms. The monoisotopic (exact) mass is 390 g/mol. The Labute approximate surface area is 162 Å². The lowest BCUT2D eigenvalue weighted by Gasteiger charge is -2.21. The lowest BCUT2D eigenvalue weighted by atomic mass is 10.2. The zero-order chi connectivity index (χ0) is 19.1. The molecular formula is C20H23FN2O3S. The lowest BCUT2D eigenvalue weighted by molar-refractivity contribution is -0.117. The fourth-order valence-electron chi connectivity index (χ4n) is 2.70. The number of fused-ring (bicyclic) bond motifs is 1. The summed E-state index contributed by atoms with van der Waals surface area (Å²) in [7, 11) is 0. The third-order valence-corrected chi connectivity index (χ3v) is 5.12. The smallest absolute Gasteiger partial charge is 0.238 e. The number of nitrogens with zero attached hydrogens (tertiary/aromatic N) is 1. The second kappa shape index (κ2) is 9.62. The van der Waals surface area contributed by atoms with Crippen LogP contribution in [0.1, 0.15) is 6.92 Å². The molecule has 27 heavy (non-hydrogen) atoms. The number of benzene rings is 2. The number of halogens is 1. The second-order valence-electron chi connectivity index (χ2n) is 6.08. The van der Waals surface area contributed by atoms with Crippen LogP contribution in [0.4, 0.5) is 10.1 Å². The van der Waals surface area contributed by atoms with Crippen molar-refractivity contribution in [2.75, 3.05) is 43.9 Å². The summed E-state index contributed by atoms with van der Waals surface area (Å²) in [5, 5.41) is 2.91. The number of hydrogen-bond donors (Lipinski definition) is 1. The van der Waals surface area contributed by atoms with E-state index in [4.69, 9.17) is 9.47 Å². The molecule has 0 radical (unpaired) electrons. The molecule has 0 saturated heterocycles. The Bertz CT molecular complexity index is 770. The van der Waals surface area contributed by atoms with Crippen molar-refractivity contribution in [1.29, 1.82) is 0 Å². The molecule has 0 aromatic heterocycles. The summed E-state index contributed by atoms with van der Waals surface area (Å²) in [5.41, 5.74) is 0.695. The molecule has 0 atom stereocenters. The van der Waals surface area contributed by atoms with E-state index in [0.29, 0.717) is 36.9 Å². The molecule has 0 spiro atoms. The zero-order valence-corrected chi connectivity index (χ0v) is 16.1. The first kappa shape index (κ1) is 19.5. The van der Waals surface area contributed by atoms with Gasteiger partial charge in [0.1, 0.15) is 19.0 Å². The average Bonchev–Trinajstić information content (AvgIpc) is 2.68. The number of anilines is 1. The largest absolute Gasteiger partial charge is 0.486 e. The van der Waals surface area contributed by atoms with E-state index in [-0.39, 0.29) is 11.7 Å². The molecule has 1 amide bonds. The standard InChI is InChI=1S/C20H23FN2O3S/c1-2-23(9-12-27-17-6-3-15(21)4-7-17)14-20(24)22-16-5-8-18-19(13-16)26-11-10-25-18/h3-8,13H,2,9-12,14H2,1H3,(H,22,24). The van der Waals surface area contributed by atoms with Gasteiger partial charge in [-0.15, -0.1) is 11.8 Å². The maximum Gasteiger partial charge on any atom is 0.238 e. The molecule has 1 heterocycles. The first-order valence-electron chi connectivity index (χ1n) is 8.94. The van der Waals surface area contributed by atoms with E-state index in [9.17, 15) is 9.18 Å². The van der Waals surface area contributed by atoms with Gasteiger partial charge in [-0.2, -0.15) is 0 Å². The lowest BCUT2D eigenvalue weighted by Crippen LogP contribution is -2.34. The molecular weight excluding hydrogens is 367 g/mol. The van der Waals surface area contributed by atoms with Gasteiger partial charge in [0.25, 0.3) is 0 Å². The van der Waals surface area contributed by atoms with E-state index in [1.54, 1.807) is 36.0 Å². The van der Waals surface area contributed by atoms with Crippen LogP contribution < -0.4 is 14.8 Å². The summed E-state index contributed by atoms with van der Waals surface area (Å²) >= 11 is 1.65. The highest BCUT2D eigenvalue weighted by atomic mass is 32.2. The minimum atomic E-state index is -0.231. The van der Waals surface area contributed by atoms with Gasteiger partial charge in [0.05, 0.1) is 6.54 Å². The van der Waals surface area contributed by atoms with Crippen LogP contribution >= 0.6 is 11.8 Å². The number of ether oxygens (including phenoxy) is 2. The van der Waals surface area contributed by atoms with Crippen molar-refractivity contribution in [2.24, 2.45) is 0 Å². The minimum Gasteiger partial charge on any atom is -0.486 e. The quantitative estimate of drug-likeness (QED) is 0.698. The maximum absolute atomic E-state index is 12.9. The van der Waals surface area contributed by atoms with Gasteiger partial charge in [0, 0.05) is 28.9 Å². The molecule has 0 fully saturated rings. The van der Waals surface area contributed by atoms with Crippen molar-refractivity contribution >= 4 is 23.4 Å². The second-order valence-corrected chi connectivity index (χ2v) is 7.25. The number of nitrogens with one attached hydrogen (secondary N) is 1. The molecule has 1 aliphatic heterocycles. The highest BCUT2D eigenvalue weighted by molar-refractivity contribution is 7.99. The van der Waals surface area contributed by atoms with Crippen LogP contribution in [-0.4, -0.2) is 49.4 Å². The van der Waals surface area contributed by atoms with Crippen molar-refractivity contribution in [1.82, 2.24) is 4.90 Å². The Morgan fingerprint density at radius 2 is 1.89 bits per heavy atom. The highest BCUT2D eigenvalue weighted by Crippen LogP contribution is 2.32. The summed E-state index contributed by atoms with van der Waals surface area (Å²) in [5.74, 6) is 1.89. The van der Waals surface area contributed by atoms with Gasteiger partial charge in [0.2, 0.25) is 5.91 Å². The third kappa shape index (κ3) is 5.87. The number of carbonyl (C=O) groups is 1. The zero-order valence-electron chi connectivity index (χ0n) is 15.2. The highest BCUT2D eigenvalue weighted by Gasteiger charge is 2.14. The predicted molar refractivity (Wildman–Crippen MR) is 105 cm³/mol. The molecule has 0 aliphatic carbocycles. The topological polar surface area (TPSA) is 50.8 Å². The molecule has 144 valence electrons. The number of amides is 1. The Balaban J connectivity index is 1.46. The molecule has 1 aliphatic rings. The summed E-state index contributed by atoms with van der Waals surface area (Å²) in [6, 6.07) is 11.9. The number of rotatable bonds is 8. The summed E-state index contributed by atoms with van der Waals surface area (Å²) < 4.78 is 24.0. The maximum atomic E-state index is 12.9. The van der Waals surface area contributed by atoms with Gasteiger partial charge >= 0.3 is 0 Å². The normalized spacial score (nSPS) is 12.9. The van der Waals surface area contributed by atoms with Crippen molar-refractivity contribution < 1.29 is 18.7 Å². The Kier molecular flexibility index (Phi) is 6.95. The molecule has 7 heteroatoms. The SMILES string of the molecule is CCN(CCSc1ccc(F)cc1)CC(=O)Nc1ccc2c(c1)OCCO2. The number of hydrogen-bond acceptors (Lipinski definition) is 5. The summed E-state index contributed by atoms with van der Waals surface area (Å²) in [4.78, 5) is 15.4. The molecule has 0 unspecified atom stereocenters. The van der Waals surface area contributed by atoms with Crippen LogP contribution in [0, 0.1) is 5.82 Å². The fourth-order valence-corrected chi connectivity index (χ4v) is 3.61. The Morgan fingerprint density at radius 1 is 1.15 bits per heavy atom. The van der Waals surface area contributed by atoms with Crippen LogP contribution in [0.2, 0.25) is 0 Å². The van der Waals surface area contributed by atoms with Gasteiger partial charge in [-0.25, -0.2) is 4.39 Å². The van der Waals surface area contributed by atoms with Gasteiger partial charge in [-0.1, -0.05) is 6.92 Å². The number of likely N-dealkylation sites (N-methyl/N-ethyl adjacent to an activating group) is 1. The molecule has 0 saturated carbocycles. The van der Waals surface area contributed by atoms with Crippen molar-refractivity contribution in [3.63, 3.8) is 0 Å². The third-order valence-electron chi connectivity index (χ3n) is 4.13. The minimum absolute atomic E-state index is 0.0692. The molecule has 2 aromatic carbocycles. The van der Waals surface area contributed by atoms with E-state index in [2.05, 4.69) is 10.2 Å². The summed E-state index contributed by atoms with van der Waals surface area (Å²) in [6.45, 7) is 4.94. The fraction of sp³-hybridized carbons (Fsp3) is 0.350. The first-order valence-corrected chi connectivity index (χ1v) is 9.93. The first-order chi connectivity index (χ1) is 13.1. The van der Waals surface area contributed by atoms with Crippen LogP contribution in [-0.2, 0) is 4.79 Å². The van der Waals surface area contributed by atoms with Crippen LogP contribution in [0.3, 0.4) is 0 Å². The van der Waals surface area contributed by atoms with Crippen molar-refractivity contribution in [2.45, 2.75) is 11.8 Å².